The Hall–Kier alpha value is -1.66. The quantitative estimate of drug-likeness (QED) is 0.605. The predicted octanol–water partition coefficient (Wildman–Crippen LogP) is 0.752. The van der Waals surface area contributed by atoms with Crippen LogP contribution in [0.15, 0.2) is 18.5 Å². The van der Waals surface area contributed by atoms with Crippen LogP contribution in [0.5, 0.6) is 0 Å². The van der Waals surface area contributed by atoms with Crippen molar-refractivity contribution in [3.05, 3.63) is 35.4 Å². The highest BCUT2D eigenvalue weighted by Gasteiger charge is 2.21. The summed E-state index contributed by atoms with van der Waals surface area (Å²) in [5, 5.41) is 8.74. The fourth-order valence-corrected chi connectivity index (χ4v) is 2.26. The van der Waals surface area contributed by atoms with Crippen molar-refractivity contribution in [2.75, 3.05) is 0 Å². The number of hydrogen-bond donors (Lipinski definition) is 2. The number of aromatic nitrogens is 4. The number of hydrazine groups is 1. The summed E-state index contributed by atoms with van der Waals surface area (Å²) in [6.07, 6.45) is 4.69. The first kappa shape index (κ1) is 12.8. The normalized spacial score (nSPS) is 12.9. The van der Waals surface area contributed by atoms with Crippen molar-refractivity contribution in [3.63, 3.8) is 0 Å². The predicted molar refractivity (Wildman–Crippen MR) is 69.7 cm³/mol. The molecular weight excluding hydrogens is 228 g/mol. The van der Waals surface area contributed by atoms with Crippen LogP contribution in [-0.4, -0.2) is 19.6 Å². The lowest BCUT2D eigenvalue weighted by atomic mass is 10.0. The molecule has 0 bridgehead atoms. The Kier molecular flexibility index (Phi) is 3.78. The Morgan fingerprint density at radius 3 is 2.83 bits per heavy atom. The average Bonchev–Trinajstić information content (AvgIpc) is 2.97. The molecule has 98 valence electrons. The number of nitrogens with two attached hydrogens (primary N) is 1. The van der Waals surface area contributed by atoms with Gasteiger partial charge in [-0.3, -0.25) is 15.2 Å². The topological polar surface area (TPSA) is 73.7 Å². The second-order valence-electron chi connectivity index (χ2n) is 4.23. The molecule has 2 rings (SSSR count). The minimum atomic E-state index is -0.0731. The Balaban J connectivity index is 2.44. The summed E-state index contributed by atoms with van der Waals surface area (Å²) in [5.74, 6) is 5.72. The van der Waals surface area contributed by atoms with Crippen LogP contribution in [0, 0.1) is 0 Å². The van der Waals surface area contributed by atoms with E-state index < -0.39 is 0 Å². The largest absolute Gasteiger partial charge is 0.275 e. The zero-order valence-corrected chi connectivity index (χ0v) is 11.1. The van der Waals surface area contributed by atoms with Gasteiger partial charge in [-0.15, -0.1) is 0 Å². The van der Waals surface area contributed by atoms with Crippen LogP contribution in [0.1, 0.15) is 36.8 Å². The van der Waals surface area contributed by atoms with Gasteiger partial charge >= 0.3 is 0 Å². The van der Waals surface area contributed by atoms with Gasteiger partial charge in [-0.05, 0) is 19.4 Å². The Bertz CT molecular complexity index is 512. The fourth-order valence-electron chi connectivity index (χ4n) is 2.26. The van der Waals surface area contributed by atoms with Gasteiger partial charge in [0.2, 0.25) is 0 Å². The molecule has 6 nitrogen and oxygen atoms in total. The van der Waals surface area contributed by atoms with E-state index >= 15 is 0 Å². The summed E-state index contributed by atoms with van der Waals surface area (Å²) in [4.78, 5) is 0. The lowest BCUT2D eigenvalue weighted by Crippen LogP contribution is -2.31. The van der Waals surface area contributed by atoms with Gasteiger partial charge in [-0.1, -0.05) is 6.92 Å². The van der Waals surface area contributed by atoms with Gasteiger partial charge < -0.3 is 0 Å². The average molecular weight is 248 g/mol. The molecule has 0 aromatic carbocycles. The molecular formula is C12H20N6. The van der Waals surface area contributed by atoms with Gasteiger partial charge in [0.05, 0.1) is 17.4 Å². The van der Waals surface area contributed by atoms with Crippen LogP contribution in [0.3, 0.4) is 0 Å². The minimum absolute atomic E-state index is 0.0731. The first-order chi connectivity index (χ1) is 8.71. The molecule has 2 aromatic heterocycles. The van der Waals surface area contributed by atoms with Crippen molar-refractivity contribution in [2.45, 2.75) is 32.9 Å². The summed E-state index contributed by atoms with van der Waals surface area (Å²) in [7, 11) is 1.92. The SMILES string of the molecule is CCc1nn(C)cc1C(NN)c1ccnn1CC. The molecule has 18 heavy (non-hydrogen) atoms. The molecule has 0 radical (unpaired) electrons. The molecule has 2 heterocycles. The van der Waals surface area contributed by atoms with E-state index in [1.165, 1.54) is 0 Å². The van der Waals surface area contributed by atoms with Crippen LogP contribution >= 0.6 is 0 Å². The van der Waals surface area contributed by atoms with Crippen LogP contribution in [0.25, 0.3) is 0 Å². The van der Waals surface area contributed by atoms with E-state index in [1.54, 1.807) is 6.20 Å². The van der Waals surface area contributed by atoms with E-state index in [9.17, 15) is 0 Å². The smallest absolute Gasteiger partial charge is 0.0911 e. The van der Waals surface area contributed by atoms with Crippen LogP contribution in [0.2, 0.25) is 0 Å². The summed E-state index contributed by atoms with van der Waals surface area (Å²) in [5.41, 5.74) is 6.10. The Morgan fingerprint density at radius 1 is 1.44 bits per heavy atom. The van der Waals surface area contributed by atoms with E-state index in [4.69, 9.17) is 5.84 Å². The molecule has 1 unspecified atom stereocenters. The number of aryl methyl sites for hydroxylation is 3. The van der Waals surface area contributed by atoms with Crippen molar-refractivity contribution in [1.29, 1.82) is 0 Å². The van der Waals surface area contributed by atoms with Gasteiger partial charge in [0.15, 0.2) is 0 Å². The van der Waals surface area contributed by atoms with Crippen molar-refractivity contribution in [2.24, 2.45) is 12.9 Å². The monoisotopic (exact) mass is 248 g/mol. The van der Waals surface area contributed by atoms with E-state index in [2.05, 4.69) is 29.5 Å². The maximum absolute atomic E-state index is 5.72. The van der Waals surface area contributed by atoms with Crippen molar-refractivity contribution in [3.8, 4) is 0 Å². The Labute approximate surface area is 107 Å². The first-order valence-electron chi connectivity index (χ1n) is 6.21. The van der Waals surface area contributed by atoms with Gasteiger partial charge in [-0.2, -0.15) is 10.2 Å². The maximum Gasteiger partial charge on any atom is 0.0911 e. The number of nitrogens with one attached hydrogen (secondary N) is 1. The first-order valence-corrected chi connectivity index (χ1v) is 6.21. The summed E-state index contributed by atoms with van der Waals surface area (Å²) in [6.45, 7) is 4.98. The summed E-state index contributed by atoms with van der Waals surface area (Å²) in [6, 6.07) is 1.91. The van der Waals surface area contributed by atoms with Crippen molar-refractivity contribution in [1.82, 2.24) is 25.0 Å². The van der Waals surface area contributed by atoms with Crippen LogP contribution in [-0.2, 0) is 20.0 Å². The second-order valence-corrected chi connectivity index (χ2v) is 4.23. The van der Waals surface area contributed by atoms with Crippen LogP contribution in [0.4, 0.5) is 0 Å². The molecule has 2 aromatic rings. The lowest BCUT2D eigenvalue weighted by molar-refractivity contribution is 0.541. The highest BCUT2D eigenvalue weighted by Crippen LogP contribution is 2.24. The summed E-state index contributed by atoms with van der Waals surface area (Å²) < 4.78 is 3.77. The number of hydrogen-bond acceptors (Lipinski definition) is 4. The molecule has 0 saturated heterocycles. The van der Waals surface area contributed by atoms with Crippen molar-refractivity contribution < 1.29 is 0 Å². The van der Waals surface area contributed by atoms with Gasteiger partial charge in [-0.25, -0.2) is 5.43 Å². The Morgan fingerprint density at radius 2 is 2.22 bits per heavy atom. The van der Waals surface area contributed by atoms with Gasteiger partial charge in [0, 0.05) is 31.5 Å². The molecule has 0 aliphatic carbocycles. The highest BCUT2D eigenvalue weighted by molar-refractivity contribution is 5.29. The van der Waals surface area contributed by atoms with E-state index in [0.29, 0.717) is 0 Å². The molecule has 0 aliphatic rings. The molecule has 0 spiro atoms. The lowest BCUT2D eigenvalue weighted by Gasteiger charge is -2.17. The maximum atomic E-state index is 5.72. The third kappa shape index (κ3) is 2.16. The van der Waals surface area contributed by atoms with Crippen LogP contribution < -0.4 is 11.3 Å². The molecule has 6 heteroatoms. The molecule has 0 amide bonds. The standard InChI is InChI=1S/C12H20N6/c1-4-10-9(8-17(3)16-10)12(15-13)11-6-7-14-18(11)5-2/h6-8,12,15H,4-5,13H2,1-3H3. The molecule has 0 aliphatic heterocycles. The molecule has 3 N–H and O–H groups in total. The third-order valence-corrected chi connectivity index (χ3v) is 3.09. The minimum Gasteiger partial charge on any atom is -0.275 e. The summed E-state index contributed by atoms with van der Waals surface area (Å²) >= 11 is 0. The molecule has 0 fully saturated rings. The zero-order chi connectivity index (χ0) is 13.1. The molecule has 1 atom stereocenters. The van der Waals surface area contributed by atoms with E-state index in [0.717, 1.165) is 29.9 Å². The van der Waals surface area contributed by atoms with Gasteiger partial charge in [0.25, 0.3) is 0 Å². The van der Waals surface area contributed by atoms with Crippen molar-refractivity contribution >= 4 is 0 Å². The third-order valence-electron chi connectivity index (χ3n) is 3.09. The van der Waals surface area contributed by atoms with E-state index in [1.807, 2.05) is 28.7 Å². The molecule has 0 saturated carbocycles. The van der Waals surface area contributed by atoms with Gasteiger partial charge in [0.1, 0.15) is 0 Å². The highest BCUT2D eigenvalue weighted by atomic mass is 15.3. The zero-order valence-electron chi connectivity index (χ0n) is 11.1. The number of nitrogens with zero attached hydrogens (tertiary/aromatic N) is 4. The fraction of sp³-hybridized carbons (Fsp3) is 0.500. The second kappa shape index (κ2) is 5.32. The number of rotatable bonds is 5. The van der Waals surface area contributed by atoms with E-state index in [-0.39, 0.29) is 6.04 Å².